The van der Waals surface area contributed by atoms with Gasteiger partial charge in [0.05, 0.1) is 17.0 Å². The summed E-state index contributed by atoms with van der Waals surface area (Å²) in [5, 5.41) is 20.8. The second-order valence-corrected chi connectivity index (χ2v) is 4.11. The highest BCUT2D eigenvalue weighted by molar-refractivity contribution is 5.74. The Labute approximate surface area is 100 Å². The van der Waals surface area contributed by atoms with Crippen molar-refractivity contribution in [2.45, 2.75) is 20.3 Å². The van der Waals surface area contributed by atoms with Gasteiger partial charge in [-0.3, -0.25) is 4.79 Å². The molecule has 0 aliphatic carbocycles. The Balaban J connectivity index is 2.73. The minimum Gasteiger partial charge on any atom is -0.481 e. The maximum Gasteiger partial charge on any atom is 0.311 e. The van der Waals surface area contributed by atoms with Crippen LogP contribution in [0, 0.1) is 16.7 Å². The van der Waals surface area contributed by atoms with Crippen LogP contribution in [0.1, 0.15) is 25.8 Å². The highest BCUT2D eigenvalue weighted by Gasteiger charge is 2.30. The van der Waals surface area contributed by atoms with Crippen LogP contribution < -0.4 is 5.32 Å². The molecule has 0 bridgehead atoms. The minimum absolute atomic E-state index is 0.278. The average Bonchev–Trinajstić information content (AvgIpc) is 2.36. The summed E-state index contributed by atoms with van der Waals surface area (Å²) in [6, 6.07) is 5.20. The maximum atomic E-state index is 11.1. The van der Waals surface area contributed by atoms with Crippen molar-refractivity contribution >= 4 is 11.8 Å². The van der Waals surface area contributed by atoms with Crippen LogP contribution in [-0.4, -0.2) is 22.6 Å². The number of anilines is 1. The highest BCUT2D eigenvalue weighted by Crippen LogP contribution is 2.21. The first-order chi connectivity index (χ1) is 8.01. The van der Waals surface area contributed by atoms with Gasteiger partial charge >= 0.3 is 5.97 Å². The maximum absolute atomic E-state index is 11.1. The lowest BCUT2D eigenvalue weighted by atomic mass is 9.88. The van der Waals surface area contributed by atoms with Crippen LogP contribution >= 0.6 is 0 Å². The number of nitrogens with one attached hydrogen (secondary N) is 1. The molecule has 0 aliphatic heterocycles. The molecular formula is C12H15N3O2. The number of aliphatic carboxylic acids is 1. The molecule has 1 aromatic heterocycles. The predicted octanol–water partition coefficient (Wildman–Crippen LogP) is 1.87. The van der Waals surface area contributed by atoms with Gasteiger partial charge in [-0.05, 0) is 25.5 Å². The van der Waals surface area contributed by atoms with Crippen LogP contribution in [0.3, 0.4) is 0 Å². The van der Waals surface area contributed by atoms with Crippen molar-refractivity contribution < 1.29 is 9.90 Å². The molecule has 1 unspecified atom stereocenters. The summed E-state index contributed by atoms with van der Waals surface area (Å²) >= 11 is 0. The summed E-state index contributed by atoms with van der Waals surface area (Å²) in [5.74, 6) is -0.325. The molecule has 0 saturated carbocycles. The number of carbonyl (C=O) groups is 1. The van der Waals surface area contributed by atoms with Gasteiger partial charge in [-0.15, -0.1) is 0 Å². The zero-order valence-corrected chi connectivity index (χ0v) is 9.90. The Morgan fingerprint density at radius 2 is 2.41 bits per heavy atom. The van der Waals surface area contributed by atoms with Gasteiger partial charge in [-0.2, -0.15) is 5.26 Å². The van der Waals surface area contributed by atoms with E-state index < -0.39 is 11.4 Å². The molecule has 1 aromatic rings. The number of pyridine rings is 1. The third-order valence-electron chi connectivity index (χ3n) is 2.85. The van der Waals surface area contributed by atoms with Crippen LogP contribution in [0.15, 0.2) is 18.3 Å². The smallest absolute Gasteiger partial charge is 0.311 e. The number of nitriles is 1. The van der Waals surface area contributed by atoms with E-state index >= 15 is 0 Å². The van der Waals surface area contributed by atoms with Crippen LogP contribution in [-0.2, 0) is 4.79 Å². The van der Waals surface area contributed by atoms with Gasteiger partial charge < -0.3 is 10.4 Å². The zero-order chi connectivity index (χ0) is 12.9. The summed E-state index contributed by atoms with van der Waals surface area (Å²) in [7, 11) is 0. The van der Waals surface area contributed by atoms with Gasteiger partial charge in [-0.25, -0.2) is 4.98 Å². The third-order valence-corrected chi connectivity index (χ3v) is 2.85. The quantitative estimate of drug-likeness (QED) is 0.810. The van der Waals surface area contributed by atoms with Crippen LogP contribution in [0.5, 0.6) is 0 Å². The van der Waals surface area contributed by atoms with Crippen LogP contribution in [0.4, 0.5) is 5.82 Å². The number of nitrogens with zero attached hydrogens (tertiary/aromatic N) is 2. The molecular weight excluding hydrogens is 218 g/mol. The monoisotopic (exact) mass is 233 g/mol. The molecule has 0 radical (unpaired) electrons. The molecule has 0 aliphatic rings. The molecule has 5 heteroatoms. The van der Waals surface area contributed by atoms with Gasteiger partial charge in [0.25, 0.3) is 0 Å². The third kappa shape index (κ3) is 3.18. The van der Waals surface area contributed by atoms with Crippen molar-refractivity contribution in [2.75, 3.05) is 11.9 Å². The van der Waals surface area contributed by atoms with Crippen LogP contribution in [0.25, 0.3) is 0 Å². The second-order valence-electron chi connectivity index (χ2n) is 4.11. The Hall–Kier alpha value is -2.09. The summed E-state index contributed by atoms with van der Waals surface area (Å²) in [6.07, 6.45) is 2.04. The number of carboxylic acids is 1. The molecule has 1 heterocycles. The van der Waals surface area contributed by atoms with Crippen molar-refractivity contribution in [3.8, 4) is 6.07 Å². The van der Waals surface area contributed by atoms with Crippen molar-refractivity contribution in [3.63, 3.8) is 0 Å². The van der Waals surface area contributed by atoms with E-state index in [4.69, 9.17) is 10.4 Å². The van der Waals surface area contributed by atoms with Gasteiger partial charge in [-0.1, -0.05) is 6.92 Å². The number of rotatable bonds is 5. The Kier molecular flexibility index (Phi) is 4.05. The molecule has 1 atom stereocenters. The fourth-order valence-electron chi connectivity index (χ4n) is 1.23. The molecule has 2 N–H and O–H groups in total. The lowest BCUT2D eigenvalue weighted by molar-refractivity contribution is -0.147. The number of hydrogen-bond donors (Lipinski definition) is 2. The van der Waals surface area contributed by atoms with Gasteiger partial charge in [0, 0.05) is 12.7 Å². The van der Waals surface area contributed by atoms with E-state index in [1.54, 1.807) is 19.1 Å². The Morgan fingerprint density at radius 1 is 1.71 bits per heavy atom. The van der Waals surface area contributed by atoms with E-state index in [-0.39, 0.29) is 6.54 Å². The van der Waals surface area contributed by atoms with Gasteiger partial charge in [0.1, 0.15) is 5.82 Å². The highest BCUT2D eigenvalue weighted by atomic mass is 16.4. The molecule has 17 heavy (non-hydrogen) atoms. The molecule has 90 valence electrons. The fourth-order valence-corrected chi connectivity index (χ4v) is 1.23. The summed E-state index contributed by atoms with van der Waals surface area (Å²) < 4.78 is 0. The number of carboxylic acid groups (broad SMARTS) is 1. The summed E-state index contributed by atoms with van der Waals surface area (Å²) in [5.41, 5.74) is -0.333. The SMILES string of the molecule is CCC(C)(CNc1cc(C#N)ccn1)C(=O)O. The van der Waals surface area contributed by atoms with Crippen molar-refractivity contribution in [2.24, 2.45) is 5.41 Å². The average molecular weight is 233 g/mol. The van der Waals surface area contributed by atoms with Gasteiger partial charge in [0.15, 0.2) is 0 Å². The summed E-state index contributed by atoms with van der Waals surface area (Å²) in [6.45, 7) is 3.78. The first kappa shape index (κ1) is 13.0. The van der Waals surface area contributed by atoms with E-state index in [1.807, 2.05) is 13.0 Å². The lowest BCUT2D eigenvalue weighted by Gasteiger charge is -2.23. The predicted molar refractivity (Wildman–Crippen MR) is 63.5 cm³/mol. The molecule has 0 aromatic carbocycles. The minimum atomic E-state index is -0.844. The van der Waals surface area contributed by atoms with E-state index in [2.05, 4.69) is 10.3 Å². The molecule has 1 rings (SSSR count). The number of hydrogen-bond acceptors (Lipinski definition) is 4. The normalized spacial score (nSPS) is 13.5. The van der Waals surface area contributed by atoms with E-state index in [1.165, 1.54) is 6.20 Å². The molecule has 0 spiro atoms. The van der Waals surface area contributed by atoms with Crippen molar-refractivity contribution in [1.82, 2.24) is 4.98 Å². The topological polar surface area (TPSA) is 86.0 Å². The van der Waals surface area contributed by atoms with E-state index in [0.29, 0.717) is 17.8 Å². The molecule has 0 saturated heterocycles. The second kappa shape index (κ2) is 5.30. The van der Waals surface area contributed by atoms with Crippen molar-refractivity contribution in [1.29, 1.82) is 5.26 Å². The van der Waals surface area contributed by atoms with E-state index in [0.717, 1.165) is 0 Å². The first-order valence-electron chi connectivity index (χ1n) is 5.35. The summed E-state index contributed by atoms with van der Waals surface area (Å²) in [4.78, 5) is 15.1. The largest absolute Gasteiger partial charge is 0.481 e. The van der Waals surface area contributed by atoms with Crippen LogP contribution in [0.2, 0.25) is 0 Å². The molecule has 0 fully saturated rings. The first-order valence-corrected chi connectivity index (χ1v) is 5.35. The number of aromatic nitrogens is 1. The Bertz CT molecular complexity index is 453. The van der Waals surface area contributed by atoms with E-state index in [9.17, 15) is 4.79 Å². The van der Waals surface area contributed by atoms with Crippen molar-refractivity contribution in [3.05, 3.63) is 23.9 Å². The zero-order valence-electron chi connectivity index (χ0n) is 9.90. The fraction of sp³-hybridized carbons (Fsp3) is 0.417. The molecule has 0 amide bonds. The standard InChI is InChI=1S/C12H15N3O2/c1-3-12(2,11(16)17)8-15-10-6-9(7-13)4-5-14-10/h4-6H,3,8H2,1-2H3,(H,14,15)(H,16,17). The van der Waals surface area contributed by atoms with Gasteiger partial charge in [0.2, 0.25) is 0 Å². The molecule has 5 nitrogen and oxygen atoms in total. The lowest BCUT2D eigenvalue weighted by Crippen LogP contribution is -2.34. The Morgan fingerprint density at radius 3 is 2.94 bits per heavy atom.